The molecule has 5 heteroatoms. The molecular weight excluding hydrogens is 226 g/mol. The maximum atomic E-state index is 4.43. The Kier molecular flexibility index (Phi) is 4.15. The quantitative estimate of drug-likeness (QED) is 0.845. The standard InChI is InChI=1S/C13H21N5/c1-4-17-9-12(7-15-17)6-14-8-13-10-18(5-2)16-11(13)3/h7,9-10,14H,4-6,8H2,1-3H3. The van der Waals surface area contributed by atoms with E-state index in [0.29, 0.717) is 0 Å². The van der Waals surface area contributed by atoms with E-state index in [4.69, 9.17) is 0 Å². The first kappa shape index (κ1) is 12.8. The third-order valence-corrected chi connectivity index (χ3v) is 3.03. The average molecular weight is 247 g/mol. The van der Waals surface area contributed by atoms with Gasteiger partial charge in [0.2, 0.25) is 0 Å². The van der Waals surface area contributed by atoms with Crippen LogP contribution in [0.4, 0.5) is 0 Å². The number of rotatable bonds is 6. The summed E-state index contributed by atoms with van der Waals surface area (Å²) in [5.41, 5.74) is 3.59. The van der Waals surface area contributed by atoms with Crippen molar-refractivity contribution >= 4 is 0 Å². The van der Waals surface area contributed by atoms with E-state index >= 15 is 0 Å². The summed E-state index contributed by atoms with van der Waals surface area (Å²) in [6.45, 7) is 9.78. The molecule has 0 bridgehead atoms. The van der Waals surface area contributed by atoms with Crippen LogP contribution in [0.25, 0.3) is 0 Å². The largest absolute Gasteiger partial charge is 0.308 e. The zero-order valence-electron chi connectivity index (χ0n) is 11.3. The maximum absolute atomic E-state index is 4.43. The molecule has 0 aromatic carbocycles. The Balaban J connectivity index is 1.86. The molecule has 5 nitrogen and oxygen atoms in total. The van der Waals surface area contributed by atoms with Crippen molar-refractivity contribution in [2.45, 2.75) is 47.0 Å². The molecule has 98 valence electrons. The molecule has 0 radical (unpaired) electrons. The average Bonchev–Trinajstić information content (AvgIpc) is 2.97. The van der Waals surface area contributed by atoms with Crippen molar-refractivity contribution in [3.8, 4) is 0 Å². The minimum Gasteiger partial charge on any atom is -0.308 e. The summed E-state index contributed by atoms with van der Waals surface area (Å²) in [5, 5.41) is 12.1. The molecule has 0 aliphatic carbocycles. The summed E-state index contributed by atoms with van der Waals surface area (Å²) in [7, 11) is 0. The van der Waals surface area contributed by atoms with Gasteiger partial charge >= 0.3 is 0 Å². The summed E-state index contributed by atoms with van der Waals surface area (Å²) in [5.74, 6) is 0. The highest BCUT2D eigenvalue weighted by molar-refractivity contribution is 5.15. The van der Waals surface area contributed by atoms with Crippen LogP contribution in [0, 0.1) is 6.92 Å². The highest BCUT2D eigenvalue weighted by Gasteiger charge is 2.04. The molecule has 0 saturated carbocycles. The van der Waals surface area contributed by atoms with Gasteiger partial charge in [-0.2, -0.15) is 10.2 Å². The Labute approximate surface area is 108 Å². The number of aromatic nitrogens is 4. The van der Waals surface area contributed by atoms with Crippen LogP contribution in [-0.4, -0.2) is 19.6 Å². The normalized spacial score (nSPS) is 11.1. The van der Waals surface area contributed by atoms with E-state index in [1.165, 1.54) is 11.1 Å². The van der Waals surface area contributed by atoms with E-state index in [2.05, 4.69) is 48.7 Å². The second kappa shape index (κ2) is 5.82. The minimum atomic E-state index is 0.844. The summed E-state index contributed by atoms with van der Waals surface area (Å²) in [6.07, 6.45) is 6.10. The molecule has 0 spiro atoms. The van der Waals surface area contributed by atoms with Gasteiger partial charge in [0.25, 0.3) is 0 Å². The minimum absolute atomic E-state index is 0.844. The van der Waals surface area contributed by atoms with E-state index in [-0.39, 0.29) is 0 Å². The fourth-order valence-electron chi connectivity index (χ4n) is 1.91. The predicted molar refractivity (Wildman–Crippen MR) is 71.1 cm³/mol. The van der Waals surface area contributed by atoms with Crippen LogP contribution >= 0.6 is 0 Å². The topological polar surface area (TPSA) is 47.7 Å². The first-order chi connectivity index (χ1) is 8.72. The van der Waals surface area contributed by atoms with Crippen molar-refractivity contribution in [3.63, 3.8) is 0 Å². The molecule has 0 saturated heterocycles. The SMILES string of the molecule is CCn1cc(CNCc2cn(CC)nc2C)cn1. The number of nitrogens with zero attached hydrogens (tertiary/aromatic N) is 4. The van der Waals surface area contributed by atoms with Crippen LogP contribution in [-0.2, 0) is 26.2 Å². The Bertz CT molecular complexity index is 497. The van der Waals surface area contributed by atoms with Gasteiger partial charge in [-0.15, -0.1) is 0 Å². The first-order valence-corrected chi connectivity index (χ1v) is 6.48. The van der Waals surface area contributed by atoms with E-state index in [1.807, 2.05) is 15.6 Å². The van der Waals surface area contributed by atoms with Crippen LogP contribution in [0.2, 0.25) is 0 Å². The molecule has 0 amide bonds. The smallest absolute Gasteiger partial charge is 0.0638 e. The highest BCUT2D eigenvalue weighted by Crippen LogP contribution is 2.06. The number of hydrogen-bond donors (Lipinski definition) is 1. The molecule has 0 unspecified atom stereocenters. The summed E-state index contributed by atoms with van der Waals surface area (Å²) in [6, 6.07) is 0. The van der Waals surface area contributed by atoms with Gasteiger partial charge < -0.3 is 5.32 Å². The van der Waals surface area contributed by atoms with Gasteiger partial charge in [-0.05, 0) is 20.8 Å². The van der Waals surface area contributed by atoms with E-state index in [1.54, 1.807) is 0 Å². The fraction of sp³-hybridized carbons (Fsp3) is 0.538. The summed E-state index contributed by atoms with van der Waals surface area (Å²) in [4.78, 5) is 0. The van der Waals surface area contributed by atoms with E-state index < -0.39 is 0 Å². The van der Waals surface area contributed by atoms with Gasteiger partial charge in [0.05, 0.1) is 11.9 Å². The molecule has 2 aromatic rings. The van der Waals surface area contributed by atoms with Crippen molar-refractivity contribution in [3.05, 3.63) is 35.4 Å². The molecule has 0 aliphatic rings. The third kappa shape index (κ3) is 2.98. The van der Waals surface area contributed by atoms with Crippen LogP contribution in [0.3, 0.4) is 0 Å². The van der Waals surface area contributed by atoms with Crippen LogP contribution in [0.5, 0.6) is 0 Å². The number of nitrogens with one attached hydrogen (secondary N) is 1. The Morgan fingerprint density at radius 1 is 1.11 bits per heavy atom. The van der Waals surface area contributed by atoms with E-state index in [0.717, 1.165) is 31.9 Å². The van der Waals surface area contributed by atoms with Crippen LogP contribution in [0.1, 0.15) is 30.7 Å². The molecule has 0 aliphatic heterocycles. The molecule has 0 atom stereocenters. The maximum Gasteiger partial charge on any atom is 0.0638 e. The fourth-order valence-corrected chi connectivity index (χ4v) is 1.91. The molecular formula is C13H21N5. The van der Waals surface area contributed by atoms with Gasteiger partial charge in [-0.25, -0.2) is 0 Å². The lowest BCUT2D eigenvalue weighted by Gasteiger charge is -2.01. The lowest BCUT2D eigenvalue weighted by atomic mass is 10.2. The monoisotopic (exact) mass is 247 g/mol. The van der Waals surface area contributed by atoms with Gasteiger partial charge in [-0.3, -0.25) is 9.36 Å². The lowest BCUT2D eigenvalue weighted by Crippen LogP contribution is -2.12. The molecule has 0 fully saturated rings. The van der Waals surface area contributed by atoms with Crippen LogP contribution < -0.4 is 5.32 Å². The molecule has 2 aromatic heterocycles. The van der Waals surface area contributed by atoms with Crippen molar-refractivity contribution in [2.75, 3.05) is 0 Å². The van der Waals surface area contributed by atoms with Crippen molar-refractivity contribution in [1.82, 2.24) is 24.9 Å². The third-order valence-electron chi connectivity index (χ3n) is 3.03. The second-order valence-corrected chi connectivity index (χ2v) is 4.40. The zero-order valence-corrected chi connectivity index (χ0v) is 11.3. The molecule has 1 N–H and O–H groups in total. The van der Waals surface area contributed by atoms with Gasteiger partial charge in [0.15, 0.2) is 0 Å². The second-order valence-electron chi connectivity index (χ2n) is 4.40. The van der Waals surface area contributed by atoms with Gasteiger partial charge in [0, 0.05) is 49.7 Å². The van der Waals surface area contributed by atoms with Gasteiger partial charge in [-0.1, -0.05) is 0 Å². The lowest BCUT2D eigenvalue weighted by molar-refractivity contribution is 0.650. The zero-order chi connectivity index (χ0) is 13.0. The Morgan fingerprint density at radius 3 is 2.50 bits per heavy atom. The van der Waals surface area contributed by atoms with Crippen molar-refractivity contribution < 1.29 is 0 Å². The number of hydrogen-bond acceptors (Lipinski definition) is 3. The highest BCUT2D eigenvalue weighted by atomic mass is 15.3. The van der Waals surface area contributed by atoms with Crippen LogP contribution in [0.15, 0.2) is 18.6 Å². The van der Waals surface area contributed by atoms with Crippen molar-refractivity contribution in [2.24, 2.45) is 0 Å². The summed E-state index contributed by atoms with van der Waals surface area (Å²) < 4.78 is 3.92. The first-order valence-electron chi connectivity index (χ1n) is 6.48. The Hall–Kier alpha value is -1.62. The van der Waals surface area contributed by atoms with Crippen molar-refractivity contribution in [1.29, 1.82) is 0 Å². The number of aryl methyl sites for hydroxylation is 3. The summed E-state index contributed by atoms with van der Waals surface area (Å²) >= 11 is 0. The van der Waals surface area contributed by atoms with E-state index in [9.17, 15) is 0 Å². The molecule has 2 heterocycles. The molecule has 2 rings (SSSR count). The Morgan fingerprint density at radius 2 is 1.89 bits per heavy atom. The molecule has 18 heavy (non-hydrogen) atoms. The predicted octanol–water partition coefficient (Wildman–Crippen LogP) is 1.72. The van der Waals surface area contributed by atoms with Gasteiger partial charge in [0.1, 0.15) is 0 Å².